The van der Waals surface area contributed by atoms with Gasteiger partial charge in [-0.1, -0.05) is 12.1 Å². The highest BCUT2D eigenvalue weighted by molar-refractivity contribution is 5.27. The number of hydrogen-bond donors (Lipinski definition) is 4. The Labute approximate surface area is 159 Å². The Balaban J connectivity index is 1.32. The van der Waals surface area contributed by atoms with Crippen LogP contribution in [0.1, 0.15) is 31.2 Å². The predicted molar refractivity (Wildman–Crippen MR) is 97.3 cm³/mol. The summed E-state index contributed by atoms with van der Waals surface area (Å²) in [6.45, 7) is 0.713. The zero-order chi connectivity index (χ0) is 19.2. The van der Waals surface area contributed by atoms with Crippen molar-refractivity contribution in [2.24, 2.45) is 5.92 Å². The first kappa shape index (κ1) is 20.5. The molecule has 1 saturated carbocycles. The Morgan fingerprint density at radius 1 is 0.963 bits per heavy atom. The second-order valence-electron chi connectivity index (χ2n) is 7.42. The van der Waals surface area contributed by atoms with Crippen molar-refractivity contribution in [3.05, 3.63) is 29.8 Å². The minimum Gasteiger partial charge on any atom is -0.493 e. The van der Waals surface area contributed by atoms with Gasteiger partial charge in [-0.3, -0.25) is 0 Å². The van der Waals surface area contributed by atoms with Gasteiger partial charge in [0.15, 0.2) is 6.29 Å². The van der Waals surface area contributed by atoms with Crippen LogP contribution in [0.4, 0.5) is 0 Å². The summed E-state index contributed by atoms with van der Waals surface area (Å²) in [7, 11) is 0. The molecule has 0 aromatic heterocycles. The van der Waals surface area contributed by atoms with Crippen LogP contribution in [-0.2, 0) is 15.9 Å². The van der Waals surface area contributed by atoms with Crippen LogP contribution < -0.4 is 4.74 Å². The van der Waals surface area contributed by atoms with Gasteiger partial charge in [0.2, 0.25) is 0 Å². The Bertz CT molecular complexity index is 558. The fourth-order valence-electron chi connectivity index (χ4n) is 3.09. The van der Waals surface area contributed by atoms with Gasteiger partial charge in [-0.05, 0) is 55.7 Å². The molecular weight excluding hydrogens is 352 g/mol. The maximum Gasteiger partial charge on any atom is 0.186 e. The van der Waals surface area contributed by atoms with Crippen molar-refractivity contribution in [2.75, 3.05) is 19.8 Å². The second-order valence-corrected chi connectivity index (χ2v) is 7.42. The fourth-order valence-corrected chi connectivity index (χ4v) is 3.09. The monoisotopic (exact) mass is 382 g/mol. The van der Waals surface area contributed by atoms with E-state index in [0.717, 1.165) is 37.5 Å². The average molecular weight is 382 g/mol. The average Bonchev–Trinajstić information content (AvgIpc) is 3.51. The molecule has 7 heteroatoms. The van der Waals surface area contributed by atoms with Crippen LogP contribution in [0.15, 0.2) is 24.3 Å². The molecular formula is C20H30O7. The molecule has 152 valence electrons. The topological polar surface area (TPSA) is 109 Å². The summed E-state index contributed by atoms with van der Waals surface area (Å²) in [5.41, 5.74) is 1.22. The number of rotatable bonds is 10. The van der Waals surface area contributed by atoms with Gasteiger partial charge in [-0.2, -0.15) is 0 Å². The van der Waals surface area contributed by atoms with Gasteiger partial charge in [0.1, 0.15) is 30.2 Å². The maximum absolute atomic E-state index is 9.91. The highest BCUT2D eigenvalue weighted by atomic mass is 16.7. The lowest BCUT2D eigenvalue weighted by Crippen LogP contribution is -2.59. The molecule has 1 heterocycles. The molecule has 1 unspecified atom stereocenters. The smallest absolute Gasteiger partial charge is 0.186 e. The lowest BCUT2D eigenvalue weighted by molar-refractivity contribution is -0.301. The lowest BCUT2D eigenvalue weighted by Gasteiger charge is -2.39. The molecule has 7 nitrogen and oxygen atoms in total. The van der Waals surface area contributed by atoms with Crippen LogP contribution in [0.25, 0.3) is 0 Å². The van der Waals surface area contributed by atoms with E-state index in [0.29, 0.717) is 6.61 Å². The SMILES string of the molecule is OC[C@H]1O[C@@H](OCCCCc2ccc(OCC3CC3)cc2)[C@H](O)C(O)[C@@H]1O. The van der Waals surface area contributed by atoms with Crippen LogP contribution in [0.2, 0.25) is 0 Å². The Hall–Kier alpha value is -1.22. The molecule has 4 N–H and O–H groups in total. The van der Waals surface area contributed by atoms with E-state index in [1.54, 1.807) is 0 Å². The van der Waals surface area contributed by atoms with E-state index in [4.69, 9.17) is 19.3 Å². The van der Waals surface area contributed by atoms with Gasteiger partial charge in [-0.15, -0.1) is 0 Å². The molecule has 1 aromatic carbocycles. The molecule has 3 rings (SSSR count). The Morgan fingerprint density at radius 3 is 2.37 bits per heavy atom. The van der Waals surface area contributed by atoms with Gasteiger partial charge < -0.3 is 34.6 Å². The first-order valence-electron chi connectivity index (χ1n) is 9.72. The van der Waals surface area contributed by atoms with Crippen molar-refractivity contribution in [2.45, 2.75) is 62.8 Å². The zero-order valence-corrected chi connectivity index (χ0v) is 15.4. The van der Waals surface area contributed by atoms with E-state index in [1.807, 2.05) is 12.1 Å². The largest absolute Gasteiger partial charge is 0.493 e. The highest BCUT2D eigenvalue weighted by Crippen LogP contribution is 2.29. The third kappa shape index (κ3) is 5.88. The summed E-state index contributed by atoms with van der Waals surface area (Å²) in [6.07, 6.45) is -0.964. The summed E-state index contributed by atoms with van der Waals surface area (Å²) >= 11 is 0. The molecule has 0 amide bonds. The number of aliphatic hydroxyl groups excluding tert-OH is 4. The van der Waals surface area contributed by atoms with Crippen LogP contribution in [0.5, 0.6) is 5.75 Å². The van der Waals surface area contributed by atoms with E-state index in [9.17, 15) is 15.3 Å². The Kier molecular flexibility index (Phi) is 7.46. The normalized spacial score (nSPS) is 31.0. The van der Waals surface area contributed by atoms with Gasteiger partial charge >= 0.3 is 0 Å². The van der Waals surface area contributed by atoms with Crippen molar-refractivity contribution >= 4 is 0 Å². The standard InChI is InChI=1S/C20H30O7/c21-11-16-17(22)18(23)19(24)20(27-16)25-10-2-1-3-13-6-8-15(9-7-13)26-12-14-4-5-14/h6-9,14,16-24H,1-5,10-12H2/t16-,17-,18?,19-,20-/m1/s1. The van der Waals surface area contributed by atoms with Crippen LogP contribution in [0.3, 0.4) is 0 Å². The van der Waals surface area contributed by atoms with E-state index in [-0.39, 0.29) is 0 Å². The molecule has 2 fully saturated rings. The highest BCUT2D eigenvalue weighted by Gasteiger charge is 2.43. The lowest BCUT2D eigenvalue weighted by atomic mass is 9.99. The third-order valence-corrected chi connectivity index (χ3v) is 5.10. The molecule has 0 radical (unpaired) electrons. The molecule has 27 heavy (non-hydrogen) atoms. The first-order chi connectivity index (χ1) is 13.1. The van der Waals surface area contributed by atoms with Gasteiger partial charge in [-0.25, -0.2) is 0 Å². The van der Waals surface area contributed by atoms with E-state index in [1.165, 1.54) is 18.4 Å². The van der Waals surface area contributed by atoms with Crippen LogP contribution >= 0.6 is 0 Å². The number of unbranched alkanes of at least 4 members (excludes halogenated alkanes) is 1. The summed E-state index contributed by atoms with van der Waals surface area (Å²) < 4.78 is 16.5. The number of ether oxygens (including phenoxy) is 3. The quantitative estimate of drug-likeness (QED) is 0.439. The minimum absolute atomic E-state index is 0.352. The number of aliphatic hydroxyl groups is 4. The van der Waals surface area contributed by atoms with Crippen LogP contribution in [-0.4, -0.2) is 71.0 Å². The van der Waals surface area contributed by atoms with Gasteiger partial charge in [0.05, 0.1) is 13.2 Å². The van der Waals surface area contributed by atoms with Crippen molar-refractivity contribution in [1.82, 2.24) is 0 Å². The molecule has 0 spiro atoms. The molecule has 5 atom stereocenters. The van der Waals surface area contributed by atoms with Gasteiger partial charge in [0.25, 0.3) is 0 Å². The maximum atomic E-state index is 9.91. The van der Waals surface area contributed by atoms with Crippen molar-refractivity contribution in [1.29, 1.82) is 0 Å². The zero-order valence-electron chi connectivity index (χ0n) is 15.4. The molecule has 0 bridgehead atoms. The van der Waals surface area contributed by atoms with E-state index < -0.39 is 37.3 Å². The summed E-state index contributed by atoms with van der Waals surface area (Å²) in [4.78, 5) is 0. The second kappa shape index (κ2) is 9.82. The summed E-state index contributed by atoms with van der Waals surface area (Å²) in [5.74, 6) is 1.66. The van der Waals surface area contributed by atoms with Crippen molar-refractivity contribution < 1.29 is 34.6 Å². The minimum atomic E-state index is -1.40. The predicted octanol–water partition coefficient (Wildman–Crippen LogP) is 0.615. The molecule has 1 aliphatic carbocycles. The van der Waals surface area contributed by atoms with Crippen molar-refractivity contribution in [3.63, 3.8) is 0 Å². The van der Waals surface area contributed by atoms with Crippen LogP contribution in [0, 0.1) is 5.92 Å². The fraction of sp³-hybridized carbons (Fsp3) is 0.700. The number of aryl methyl sites for hydroxylation is 1. The Morgan fingerprint density at radius 2 is 1.70 bits per heavy atom. The molecule has 2 aliphatic rings. The first-order valence-corrected chi connectivity index (χ1v) is 9.72. The number of benzene rings is 1. The van der Waals surface area contributed by atoms with E-state index >= 15 is 0 Å². The van der Waals surface area contributed by atoms with Crippen molar-refractivity contribution in [3.8, 4) is 5.75 Å². The molecule has 1 aromatic rings. The summed E-state index contributed by atoms with van der Waals surface area (Å²) in [5, 5.41) is 38.5. The summed E-state index contributed by atoms with van der Waals surface area (Å²) in [6, 6.07) is 8.14. The molecule has 1 aliphatic heterocycles. The van der Waals surface area contributed by atoms with E-state index in [2.05, 4.69) is 12.1 Å². The third-order valence-electron chi connectivity index (χ3n) is 5.10. The van der Waals surface area contributed by atoms with Gasteiger partial charge in [0, 0.05) is 6.61 Å². The molecule has 1 saturated heterocycles. The number of hydrogen-bond acceptors (Lipinski definition) is 7.